The highest BCUT2D eigenvalue weighted by molar-refractivity contribution is 7.89. The van der Waals surface area contributed by atoms with Crippen LogP contribution in [-0.4, -0.2) is 39.4 Å². The normalized spacial score (nSPS) is 12.3. The van der Waals surface area contributed by atoms with Crippen molar-refractivity contribution in [3.05, 3.63) is 88.9 Å². The van der Waals surface area contributed by atoms with E-state index in [9.17, 15) is 13.2 Å². The zero-order chi connectivity index (χ0) is 24.7. The Balaban J connectivity index is 1.81. The van der Waals surface area contributed by atoms with Crippen molar-refractivity contribution in [1.82, 2.24) is 9.62 Å². The lowest BCUT2D eigenvalue weighted by molar-refractivity contribution is -0.122. The summed E-state index contributed by atoms with van der Waals surface area (Å²) >= 11 is 5.92. The summed E-state index contributed by atoms with van der Waals surface area (Å²) in [6, 6.07) is 20.0. The zero-order valence-corrected chi connectivity index (χ0v) is 20.8. The van der Waals surface area contributed by atoms with Gasteiger partial charge in [-0.25, -0.2) is 8.42 Å². The second-order valence-electron chi connectivity index (χ2n) is 7.62. The Morgan fingerprint density at radius 2 is 1.62 bits per heavy atom. The van der Waals surface area contributed by atoms with Gasteiger partial charge < -0.3 is 14.8 Å². The molecular formula is C25H27ClN2O5S. The first kappa shape index (κ1) is 25.6. The number of rotatable bonds is 10. The topological polar surface area (TPSA) is 84.9 Å². The van der Waals surface area contributed by atoms with E-state index >= 15 is 0 Å². The van der Waals surface area contributed by atoms with Crippen LogP contribution in [0.3, 0.4) is 0 Å². The third kappa shape index (κ3) is 6.28. The van der Waals surface area contributed by atoms with Gasteiger partial charge in [-0.15, -0.1) is 0 Å². The number of carbonyl (C=O) groups is 1. The predicted octanol–water partition coefficient (Wildman–Crippen LogP) is 4.43. The average Bonchev–Trinajstić information content (AvgIpc) is 2.84. The van der Waals surface area contributed by atoms with Crippen molar-refractivity contribution >= 4 is 27.5 Å². The monoisotopic (exact) mass is 502 g/mol. The number of hydrogen-bond acceptors (Lipinski definition) is 5. The van der Waals surface area contributed by atoms with Crippen LogP contribution in [0, 0.1) is 0 Å². The van der Waals surface area contributed by atoms with Crippen molar-refractivity contribution in [2.45, 2.75) is 24.4 Å². The number of hydrogen-bond donors (Lipinski definition) is 1. The fraction of sp³-hybridized carbons (Fsp3) is 0.240. The van der Waals surface area contributed by atoms with Crippen LogP contribution >= 0.6 is 11.6 Å². The second kappa shape index (κ2) is 11.4. The summed E-state index contributed by atoms with van der Waals surface area (Å²) in [6.45, 7) is 1.51. The van der Waals surface area contributed by atoms with E-state index in [0.29, 0.717) is 16.5 Å². The van der Waals surface area contributed by atoms with Crippen molar-refractivity contribution < 1.29 is 22.7 Å². The van der Waals surface area contributed by atoms with Crippen LogP contribution in [0.1, 0.15) is 24.1 Å². The van der Waals surface area contributed by atoms with Crippen LogP contribution in [0.4, 0.5) is 0 Å². The molecule has 0 saturated heterocycles. The predicted molar refractivity (Wildman–Crippen MR) is 132 cm³/mol. The summed E-state index contributed by atoms with van der Waals surface area (Å²) in [7, 11) is -0.871. The van der Waals surface area contributed by atoms with Crippen molar-refractivity contribution in [2.75, 3.05) is 20.8 Å². The van der Waals surface area contributed by atoms with E-state index in [1.165, 1.54) is 31.4 Å². The summed E-state index contributed by atoms with van der Waals surface area (Å²) in [5.41, 5.74) is 1.56. The molecule has 0 spiro atoms. The van der Waals surface area contributed by atoms with Crippen LogP contribution in [0.2, 0.25) is 5.02 Å². The van der Waals surface area contributed by atoms with Crippen LogP contribution in [0.5, 0.6) is 11.5 Å². The summed E-state index contributed by atoms with van der Waals surface area (Å²) in [6.07, 6.45) is 0. The van der Waals surface area contributed by atoms with Crippen molar-refractivity contribution in [3.63, 3.8) is 0 Å². The number of methoxy groups -OCH3 is 2. The summed E-state index contributed by atoms with van der Waals surface area (Å²) in [5, 5.41) is 3.30. The van der Waals surface area contributed by atoms with Crippen LogP contribution < -0.4 is 14.8 Å². The molecule has 1 amide bonds. The fourth-order valence-corrected chi connectivity index (χ4v) is 4.93. The lowest BCUT2D eigenvalue weighted by Gasteiger charge is -2.23. The number of ether oxygens (including phenoxy) is 2. The van der Waals surface area contributed by atoms with Gasteiger partial charge >= 0.3 is 0 Å². The van der Waals surface area contributed by atoms with Gasteiger partial charge in [0.25, 0.3) is 0 Å². The highest BCUT2D eigenvalue weighted by Gasteiger charge is 2.27. The Labute approximate surface area is 205 Å². The Bertz CT molecular complexity index is 1220. The van der Waals surface area contributed by atoms with Gasteiger partial charge in [-0.05, 0) is 54.4 Å². The molecule has 0 aliphatic carbocycles. The van der Waals surface area contributed by atoms with E-state index in [4.69, 9.17) is 21.1 Å². The van der Waals surface area contributed by atoms with E-state index < -0.39 is 15.9 Å². The third-order valence-corrected chi connectivity index (χ3v) is 7.32. The summed E-state index contributed by atoms with van der Waals surface area (Å²) in [5.74, 6) is 0.681. The van der Waals surface area contributed by atoms with Crippen LogP contribution in [-0.2, 0) is 21.4 Å². The van der Waals surface area contributed by atoms with Gasteiger partial charge in [0.2, 0.25) is 15.9 Å². The Kier molecular flexibility index (Phi) is 8.55. The third-order valence-electron chi connectivity index (χ3n) is 5.26. The van der Waals surface area contributed by atoms with Crippen LogP contribution in [0.15, 0.2) is 77.7 Å². The first-order valence-corrected chi connectivity index (χ1v) is 12.4. The number of nitrogens with zero attached hydrogens (tertiary/aromatic N) is 1. The SMILES string of the molecule is COc1ccc([C@H](C)NC(=O)CN(Cc2ccccc2)S(=O)(=O)c2ccc(Cl)cc2)cc1OC. The van der Waals surface area contributed by atoms with E-state index in [2.05, 4.69) is 5.32 Å². The Hall–Kier alpha value is -3.07. The van der Waals surface area contributed by atoms with Crippen LogP contribution in [0.25, 0.3) is 0 Å². The molecular weight excluding hydrogens is 476 g/mol. The number of nitrogens with one attached hydrogen (secondary N) is 1. The molecule has 180 valence electrons. The molecule has 0 aromatic heterocycles. The maximum atomic E-state index is 13.4. The second-order valence-corrected chi connectivity index (χ2v) is 9.99. The number of halogens is 1. The lowest BCUT2D eigenvalue weighted by Crippen LogP contribution is -2.41. The quantitative estimate of drug-likeness (QED) is 0.443. The molecule has 0 bridgehead atoms. The maximum Gasteiger partial charge on any atom is 0.243 e. The first-order valence-electron chi connectivity index (χ1n) is 10.6. The van der Waals surface area contributed by atoms with Gasteiger partial charge in [0, 0.05) is 11.6 Å². The molecule has 9 heteroatoms. The highest BCUT2D eigenvalue weighted by Crippen LogP contribution is 2.30. The number of sulfonamides is 1. The molecule has 0 saturated carbocycles. The molecule has 0 aliphatic heterocycles. The number of amides is 1. The molecule has 0 radical (unpaired) electrons. The van der Waals surface area contributed by atoms with Crippen molar-refractivity contribution in [2.24, 2.45) is 0 Å². The van der Waals surface area contributed by atoms with E-state index in [1.807, 2.05) is 43.3 Å². The van der Waals surface area contributed by atoms with Gasteiger partial charge in [0.1, 0.15) is 0 Å². The largest absolute Gasteiger partial charge is 0.493 e. The lowest BCUT2D eigenvalue weighted by atomic mass is 10.1. The Morgan fingerprint density at radius 1 is 0.971 bits per heavy atom. The first-order chi connectivity index (χ1) is 16.2. The zero-order valence-electron chi connectivity index (χ0n) is 19.2. The molecule has 1 N–H and O–H groups in total. The summed E-state index contributed by atoms with van der Waals surface area (Å²) < 4.78 is 38.5. The molecule has 3 aromatic rings. The molecule has 0 aliphatic rings. The van der Waals surface area contributed by atoms with Gasteiger partial charge in [-0.3, -0.25) is 4.79 Å². The average molecular weight is 503 g/mol. The van der Waals surface area contributed by atoms with Crippen molar-refractivity contribution in [1.29, 1.82) is 0 Å². The molecule has 1 atom stereocenters. The van der Waals surface area contributed by atoms with Crippen molar-refractivity contribution in [3.8, 4) is 11.5 Å². The van der Waals surface area contributed by atoms with Gasteiger partial charge in [0.05, 0.1) is 31.7 Å². The highest BCUT2D eigenvalue weighted by atomic mass is 35.5. The smallest absolute Gasteiger partial charge is 0.243 e. The van der Waals surface area contributed by atoms with E-state index in [-0.39, 0.29) is 24.0 Å². The number of carbonyl (C=O) groups excluding carboxylic acids is 1. The van der Waals surface area contributed by atoms with Gasteiger partial charge in [-0.2, -0.15) is 4.31 Å². The van der Waals surface area contributed by atoms with E-state index in [1.54, 1.807) is 19.2 Å². The molecule has 0 unspecified atom stereocenters. The molecule has 3 aromatic carbocycles. The summed E-state index contributed by atoms with van der Waals surface area (Å²) in [4.78, 5) is 13.0. The molecule has 7 nitrogen and oxygen atoms in total. The maximum absolute atomic E-state index is 13.4. The minimum atomic E-state index is -3.95. The number of benzene rings is 3. The minimum Gasteiger partial charge on any atom is -0.493 e. The van der Waals surface area contributed by atoms with Gasteiger partial charge in [-0.1, -0.05) is 48.0 Å². The molecule has 0 fully saturated rings. The van der Waals surface area contributed by atoms with Gasteiger partial charge in [0.15, 0.2) is 11.5 Å². The van der Waals surface area contributed by atoms with E-state index in [0.717, 1.165) is 15.4 Å². The minimum absolute atomic E-state index is 0.0456. The Morgan fingerprint density at radius 3 is 2.24 bits per heavy atom. The molecule has 34 heavy (non-hydrogen) atoms. The standard InChI is InChI=1S/C25H27ClN2O5S/c1-18(20-9-14-23(32-2)24(15-20)33-3)27-25(29)17-28(16-19-7-5-4-6-8-19)34(30,31)22-12-10-21(26)11-13-22/h4-15,18H,16-17H2,1-3H3,(H,27,29)/t18-/m0/s1. The molecule has 3 rings (SSSR count). The molecule has 0 heterocycles. The fourth-order valence-electron chi connectivity index (χ4n) is 3.42.